The van der Waals surface area contributed by atoms with Crippen LogP contribution in [0.15, 0.2) is 23.1 Å². The Morgan fingerprint density at radius 2 is 1.58 bits per heavy atom. The van der Waals surface area contributed by atoms with E-state index in [1.165, 1.54) is 48.2 Å². The van der Waals surface area contributed by atoms with E-state index in [1.54, 1.807) is 0 Å². The van der Waals surface area contributed by atoms with Crippen LogP contribution < -0.4 is 5.32 Å². The second-order valence-electron chi connectivity index (χ2n) is 8.80. The van der Waals surface area contributed by atoms with E-state index in [1.807, 2.05) is 0 Å². The molecule has 1 amide bonds. The highest BCUT2D eigenvalue weighted by molar-refractivity contribution is 7.89. The Morgan fingerprint density at radius 1 is 1.00 bits per heavy atom. The third-order valence-corrected chi connectivity index (χ3v) is 8.72. The van der Waals surface area contributed by atoms with Crippen LogP contribution in [0.3, 0.4) is 0 Å². The average Bonchev–Trinajstić information content (AvgIpc) is 3.19. The number of benzene rings is 1. The zero-order valence-corrected chi connectivity index (χ0v) is 20.2. The Labute approximate surface area is 192 Å². The molecular weight excluding hydrogens is 434 g/mol. The van der Waals surface area contributed by atoms with Crippen LogP contribution in [0.4, 0.5) is 0 Å². The summed E-state index contributed by atoms with van der Waals surface area (Å²) in [4.78, 5) is 15.4. The first-order valence-corrected chi connectivity index (χ1v) is 13.5. The topological polar surface area (TPSA) is 69.7 Å². The molecule has 0 radical (unpaired) electrons. The van der Waals surface area contributed by atoms with Gasteiger partial charge in [-0.15, -0.1) is 0 Å². The maximum absolute atomic E-state index is 13.1. The van der Waals surface area contributed by atoms with E-state index >= 15 is 0 Å². The predicted molar refractivity (Wildman–Crippen MR) is 125 cm³/mol. The lowest BCUT2D eigenvalue weighted by atomic mass is 10.1. The van der Waals surface area contributed by atoms with Gasteiger partial charge in [-0.3, -0.25) is 4.79 Å². The van der Waals surface area contributed by atoms with Crippen molar-refractivity contribution in [3.63, 3.8) is 0 Å². The van der Waals surface area contributed by atoms with Crippen LogP contribution in [-0.4, -0.2) is 62.3 Å². The fourth-order valence-electron chi connectivity index (χ4n) is 4.48. The number of hydrogen-bond donors (Lipinski definition) is 1. The van der Waals surface area contributed by atoms with Gasteiger partial charge in [0.2, 0.25) is 10.0 Å². The van der Waals surface area contributed by atoms with E-state index in [9.17, 15) is 13.2 Å². The molecule has 1 atom stereocenters. The molecule has 174 valence electrons. The number of sulfonamides is 1. The number of nitrogens with zero attached hydrogens (tertiary/aromatic N) is 2. The number of halogens is 1. The van der Waals surface area contributed by atoms with Crippen LogP contribution in [0, 0.1) is 0 Å². The monoisotopic (exact) mass is 469 g/mol. The van der Waals surface area contributed by atoms with Gasteiger partial charge in [0, 0.05) is 25.7 Å². The molecular formula is C23H36ClN3O3S. The predicted octanol–water partition coefficient (Wildman–Crippen LogP) is 4.29. The van der Waals surface area contributed by atoms with Crippen LogP contribution in [0.25, 0.3) is 0 Å². The van der Waals surface area contributed by atoms with Crippen molar-refractivity contribution >= 4 is 27.5 Å². The summed E-state index contributed by atoms with van der Waals surface area (Å²) < 4.78 is 27.7. The second kappa shape index (κ2) is 11.6. The molecule has 31 heavy (non-hydrogen) atoms. The molecule has 8 heteroatoms. The minimum absolute atomic E-state index is 0.141. The minimum Gasteiger partial charge on any atom is -0.352 e. The number of carbonyl (C=O) groups is 1. The summed E-state index contributed by atoms with van der Waals surface area (Å²) in [5.74, 6) is -0.319. The molecule has 1 aromatic rings. The van der Waals surface area contributed by atoms with Crippen LogP contribution >= 0.6 is 11.6 Å². The van der Waals surface area contributed by atoms with Gasteiger partial charge >= 0.3 is 0 Å². The molecule has 3 rings (SSSR count). The molecule has 0 aliphatic carbocycles. The highest BCUT2D eigenvalue weighted by Crippen LogP contribution is 2.25. The first-order chi connectivity index (χ1) is 14.9. The molecule has 2 aliphatic rings. The highest BCUT2D eigenvalue weighted by atomic mass is 35.5. The van der Waals surface area contributed by atoms with Gasteiger partial charge in [-0.1, -0.05) is 37.3 Å². The number of hydrogen-bond acceptors (Lipinski definition) is 4. The van der Waals surface area contributed by atoms with Crippen molar-refractivity contribution in [3.05, 3.63) is 28.8 Å². The van der Waals surface area contributed by atoms with E-state index in [4.69, 9.17) is 11.6 Å². The van der Waals surface area contributed by atoms with Crippen LogP contribution in [-0.2, 0) is 10.0 Å². The summed E-state index contributed by atoms with van der Waals surface area (Å²) >= 11 is 6.26. The van der Waals surface area contributed by atoms with Crippen LogP contribution in [0.2, 0.25) is 5.02 Å². The van der Waals surface area contributed by atoms with Crippen molar-refractivity contribution < 1.29 is 13.2 Å². The average molecular weight is 470 g/mol. The number of rotatable bonds is 7. The Kier molecular flexibility index (Phi) is 9.19. The number of likely N-dealkylation sites (tertiary alicyclic amines) is 1. The first-order valence-electron chi connectivity index (χ1n) is 11.7. The second-order valence-corrected chi connectivity index (χ2v) is 11.1. The number of amides is 1. The van der Waals surface area contributed by atoms with Gasteiger partial charge in [-0.25, -0.2) is 8.42 Å². The molecule has 0 saturated carbocycles. The van der Waals surface area contributed by atoms with Gasteiger partial charge < -0.3 is 10.2 Å². The molecule has 2 saturated heterocycles. The minimum atomic E-state index is -3.62. The largest absolute Gasteiger partial charge is 0.352 e. The molecule has 2 heterocycles. The fraction of sp³-hybridized carbons (Fsp3) is 0.696. The van der Waals surface area contributed by atoms with Crippen molar-refractivity contribution in [2.24, 2.45) is 0 Å². The third kappa shape index (κ3) is 6.67. The molecule has 0 aromatic heterocycles. The van der Waals surface area contributed by atoms with Gasteiger partial charge in [0.25, 0.3) is 5.91 Å². The Morgan fingerprint density at radius 3 is 2.19 bits per heavy atom. The fourth-order valence-corrected chi connectivity index (χ4v) is 6.23. The van der Waals surface area contributed by atoms with Crippen molar-refractivity contribution in [2.45, 2.75) is 75.6 Å². The summed E-state index contributed by atoms with van der Waals surface area (Å²) in [6.07, 6.45) is 9.78. The lowest BCUT2D eigenvalue weighted by Crippen LogP contribution is -2.37. The van der Waals surface area contributed by atoms with Gasteiger partial charge in [0.15, 0.2) is 0 Å². The smallest absolute Gasteiger partial charge is 0.252 e. The van der Waals surface area contributed by atoms with Gasteiger partial charge in [-0.2, -0.15) is 4.31 Å². The molecule has 1 aromatic carbocycles. The van der Waals surface area contributed by atoms with Gasteiger partial charge in [-0.05, 0) is 70.3 Å². The summed E-state index contributed by atoms with van der Waals surface area (Å²) in [7, 11) is -3.62. The molecule has 0 bridgehead atoms. The van der Waals surface area contributed by atoms with Crippen molar-refractivity contribution in [3.8, 4) is 0 Å². The standard InChI is InChI=1S/C23H36ClN3O3S/c1-19(26-14-6-2-3-7-15-26)12-13-25-23(28)21-18-20(10-11-22(21)24)31(29,30)27-16-8-4-5-9-17-27/h10-11,18-19H,2-9,12-17H2,1H3,(H,25,28)/t19-/m0/s1. The zero-order valence-electron chi connectivity index (χ0n) is 18.6. The Bertz CT molecular complexity index is 830. The Balaban J connectivity index is 1.61. The maximum Gasteiger partial charge on any atom is 0.252 e. The number of nitrogens with one attached hydrogen (secondary N) is 1. The van der Waals surface area contributed by atoms with Crippen molar-refractivity contribution in [2.75, 3.05) is 32.7 Å². The molecule has 2 aliphatic heterocycles. The van der Waals surface area contributed by atoms with E-state index in [2.05, 4.69) is 17.1 Å². The van der Waals surface area contributed by atoms with Crippen LogP contribution in [0.1, 0.15) is 75.1 Å². The molecule has 0 spiro atoms. The summed E-state index contributed by atoms with van der Waals surface area (Å²) in [5.41, 5.74) is 0.222. The zero-order chi connectivity index (χ0) is 22.3. The SMILES string of the molecule is C[C@@H](CCNC(=O)c1cc(S(=O)(=O)N2CCCCCC2)ccc1Cl)N1CCCCCC1. The van der Waals surface area contributed by atoms with Gasteiger partial charge in [0.05, 0.1) is 15.5 Å². The van der Waals surface area contributed by atoms with E-state index in [0.717, 1.165) is 45.2 Å². The molecule has 2 fully saturated rings. The van der Waals surface area contributed by atoms with Gasteiger partial charge in [0.1, 0.15) is 0 Å². The molecule has 0 unspecified atom stereocenters. The van der Waals surface area contributed by atoms with Crippen molar-refractivity contribution in [1.29, 1.82) is 0 Å². The van der Waals surface area contributed by atoms with Crippen molar-refractivity contribution in [1.82, 2.24) is 14.5 Å². The first kappa shape index (κ1) is 24.5. The third-order valence-electron chi connectivity index (χ3n) is 6.50. The van der Waals surface area contributed by atoms with E-state index < -0.39 is 10.0 Å². The lowest BCUT2D eigenvalue weighted by molar-refractivity contribution is 0.0948. The normalized spacial score (nSPS) is 20.6. The number of carbonyl (C=O) groups excluding carboxylic acids is 1. The summed E-state index contributed by atoms with van der Waals surface area (Å²) in [6, 6.07) is 4.85. The molecule has 6 nitrogen and oxygen atoms in total. The molecule has 1 N–H and O–H groups in total. The summed E-state index contributed by atoms with van der Waals surface area (Å²) in [6.45, 7) is 6.05. The Hall–Kier alpha value is -1.15. The maximum atomic E-state index is 13.1. The lowest BCUT2D eigenvalue weighted by Gasteiger charge is -2.27. The summed E-state index contributed by atoms with van der Waals surface area (Å²) in [5, 5.41) is 3.21. The highest BCUT2D eigenvalue weighted by Gasteiger charge is 2.26. The van der Waals surface area contributed by atoms with E-state index in [0.29, 0.717) is 25.7 Å². The van der Waals surface area contributed by atoms with Crippen LogP contribution in [0.5, 0.6) is 0 Å². The quantitative estimate of drug-likeness (QED) is 0.646. The van der Waals surface area contributed by atoms with E-state index in [-0.39, 0.29) is 21.4 Å².